The van der Waals surface area contributed by atoms with Crippen LogP contribution in [0.25, 0.3) is 0 Å². The molecule has 2 aliphatic rings. The van der Waals surface area contributed by atoms with Crippen LogP contribution in [0.5, 0.6) is 0 Å². The monoisotopic (exact) mass is 419 g/mol. The number of anilines is 1. The average molecular weight is 421 g/mol. The van der Waals surface area contributed by atoms with E-state index in [0.29, 0.717) is 5.92 Å². The lowest BCUT2D eigenvalue weighted by atomic mass is 9.79. The molecule has 5 nitrogen and oxygen atoms in total. The molecular weight excluding hydrogens is 402 g/mol. The number of nitrogens with zero attached hydrogens (tertiary/aromatic N) is 2. The second kappa shape index (κ2) is 7.61. The van der Waals surface area contributed by atoms with Crippen molar-refractivity contribution in [2.45, 2.75) is 18.8 Å². The molecular formula is C18H19BrClN5. The van der Waals surface area contributed by atoms with E-state index in [0.717, 1.165) is 58.6 Å². The van der Waals surface area contributed by atoms with Gasteiger partial charge in [-0.05, 0) is 37.6 Å². The highest BCUT2D eigenvalue weighted by Crippen LogP contribution is 2.45. The fourth-order valence-electron chi connectivity index (χ4n) is 3.71. The van der Waals surface area contributed by atoms with Gasteiger partial charge in [-0.3, -0.25) is 5.10 Å². The second-order valence-corrected chi connectivity index (χ2v) is 7.09. The van der Waals surface area contributed by atoms with E-state index in [1.807, 2.05) is 24.4 Å². The van der Waals surface area contributed by atoms with Crippen molar-refractivity contribution in [1.82, 2.24) is 15.5 Å². The maximum atomic E-state index is 9.97. The highest BCUT2D eigenvalue weighted by molar-refractivity contribution is 9.10. The summed E-state index contributed by atoms with van der Waals surface area (Å²) in [6.45, 7) is 1.98. The van der Waals surface area contributed by atoms with Gasteiger partial charge >= 0.3 is 0 Å². The number of allylic oxidation sites excluding steroid dienone is 2. The number of aromatic nitrogens is 2. The van der Waals surface area contributed by atoms with Crippen LogP contribution in [0.1, 0.15) is 29.9 Å². The van der Waals surface area contributed by atoms with Crippen molar-refractivity contribution >= 4 is 34.2 Å². The number of halogens is 2. The SMILES string of the molecule is Cl.N#CC1=C(C2CCNCC2)Nc2n[nH]cc2C1c1ccccc1Br. The molecule has 3 N–H and O–H groups in total. The minimum Gasteiger partial charge on any atom is -0.341 e. The number of rotatable bonds is 2. The number of hydrogen-bond donors (Lipinski definition) is 3. The molecule has 0 bridgehead atoms. The van der Waals surface area contributed by atoms with Crippen LogP contribution in [0.3, 0.4) is 0 Å². The smallest absolute Gasteiger partial charge is 0.156 e. The minimum absolute atomic E-state index is 0. The van der Waals surface area contributed by atoms with Gasteiger partial charge in [0.2, 0.25) is 0 Å². The maximum absolute atomic E-state index is 9.97. The summed E-state index contributed by atoms with van der Waals surface area (Å²) in [6, 6.07) is 10.6. The molecule has 1 atom stereocenters. The molecule has 3 heterocycles. The quantitative estimate of drug-likeness (QED) is 0.688. The minimum atomic E-state index is -0.0922. The fraction of sp³-hybridized carbons (Fsp3) is 0.333. The van der Waals surface area contributed by atoms with Gasteiger partial charge < -0.3 is 10.6 Å². The molecule has 1 saturated heterocycles. The number of hydrogen-bond acceptors (Lipinski definition) is 4. The average Bonchev–Trinajstić information content (AvgIpc) is 3.10. The topological polar surface area (TPSA) is 76.5 Å². The first-order chi connectivity index (χ1) is 11.8. The number of aromatic amines is 1. The predicted octanol–water partition coefficient (Wildman–Crippen LogP) is 3.93. The molecule has 1 aromatic heterocycles. The molecule has 25 heavy (non-hydrogen) atoms. The van der Waals surface area contributed by atoms with E-state index >= 15 is 0 Å². The molecule has 2 aliphatic heterocycles. The van der Waals surface area contributed by atoms with Gasteiger partial charge in [0.25, 0.3) is 0 Å². The van der Waals surface area contributed by atoms with Gasteiger partial charge in [-0.15, -0.1) is 12.4 Å². The molecule has 1 unspecified atom stereocenters. The number of nitrogens with one attached hydrogen (secondary N) is 3. The summed E-state index contributed by atoms with van der Waals surface area (Å²) in [5.74, 6) is 1.12. The summed E-state index contributed by atoms with van der Waals surface area (Å²) >= 11 is 3.65. The van der Waals surface area contributed by atoms with Crippen LogP contribution in [-0.4, -0.2) is 23.3 Å². The Bertz CT molecular complexity index is 832. The molecule has 0 radical (unpaired) electrons. The lowest BCUT2D eigenvalue weighted by molar-refractivity contribution is 0.418. The van der Waals surface area contributed by atoms with Crippen LogP contribution in [0, 0.1) is 17.2 Å². The highest BCUT2D eigenvalue weighted by Gasteiger charge is 2.35. The lowest BCUT2D eigenvalue weighted by Gasteiger charge is -2.32. The van der Waals surface area contributed by atoms with Gasteiger partial charge in [0.15, 0.2) is 5.82 Å². The lowest BCUT2D eigenvalue weighted by Crippen LogP contribution is -2.32. The standard InChI is InChI=1S/C18H18BrN5.ClH/c19-15-4-2-1-3-12(15)16-13(9-20)17(11-5-7-21-8-6-11)23-18-14(16)10-22-24-18;/h1-4,10-11,16,21H,5-8H2,(H2,22,23,24);1H. The Morgan fingerprint density at radius 3 is 2.64 bits per heavy atom. The predicted molar refractivity (Wildman–Crippen MR) is 104 cm³/mol. The van der Waals surface area contributed by atoms with E-state index in [2.05, 4.69) is 48.9 Å². The van der Waals surface area contributed by atoms with Crippen molar-refractivity contribution in [3.63, 3.8) is 0 Å². The summed E-state index contributed by atoms with van der Waals surface area (Å²) < 4.78 is 1.02. The van der Waals surface area contributed by atoms with Crippen molar-refractivity contribution in [2.24, 2.45) is 5.92 Å². The Labute approximate surface area is 161 Å². The van der Waals surface area contributed by atoms with Gasteiger partial charge in [-0.2, -0.15) is 10.4 Å². The van der Waals surface area contributed by atoms with Gasteiger partial charge in [-0.25, -0.2) is 0 Å². The third-order valence-electron chi connectivity index (χ3n) is 4.90. The summed E-state index contributed by atoms with van der Waals surface area (Å²) in [6.07, 6.45) is 3.97. The first-order valence-corrected chi connectivity index (χ1v) is 8.99. The van der Waals surface area contributed by atoms with E-state index < -0.39 is 0 Å². The van der Waals surface area contributed by atoms with E-state index in [1.165, 1.54) is 0 Å². The maximum Gasteiger partial charge on any atom is 0.156 e. The van der Waals surface area contributed by atoms with Crippen molar-refractivity contribution < 1.29 is 0 Å². The molecule has 4 rings (SSSR count). The van der Waals surface area contributed by atoms with Crippen LogP contribution >= 0.6 is 28.3 Å². The van der Waals surface area contributed by atoms with E-state index in [1.54, 1.807) is 0 Å². The zero-order valence-corrected chi connectivity index (χ0v) is 16.0. The van der Waals surface area contributed by atoms with Crippen molar-refractivity contribution in [3.8, 4) is 6.07 Å². The first kappa shape index (κ1) is 18.0. The summed E-state index contributed by atoms with van der Waals surface area (Å²) in [4.78, 5) is 0. The number of piperidine rings is 1. The van der Waals surface area contributed by atoms with Crippen LogP contribution in [0.4, 0.5) is 5.82 Å². The zero-order chi connectivity index (χ0) is 16.5. The molecule has 1 aromatic carbocycles. The number of H-pyrrole nitrogens is 1. The molecule has 0 saturated carbocycles. The Morgan fingerprint density at radius 2 is 1.92 bits per heavy atom. The third-order valence-corrected chi connectivity index (χ3v) is 5.62. The van der Waals surface area contributed by atoms with Crippen molar-refractivity contribution in [3.05, 3.63) is 57.3 Å². The second-order valence-electron chi connectivity index (χ2n) is 6.23. The van der Waals surface area contributed by atoms with Gasteiger partial charge in [0, 0.05) is 27.8 Å². The summed E-state index contributed by atoms with van der Waals surface area (Å²) in [5, 5.41) is 24.1. The first-order valence-electron chi connectivity index (χ1n) is 8.19. The van der Waals surface area contributed by atoms with Crippen LogP contribution in [0.15, 0.2) is 46.2 Å². The molecule has 1 fully saturated rings. The number of nitriles is 1. The van der Waals surface area contributed by atoms with Gasteiger partial charge in [-0.1, -0.05) is 34.1 Å². The molecule has 7 heteroatoms. The molecule has 2 aromatic rings. The van der Waals surface area contributed by atoms with Crippen LogP contribution in [-0.2, 0) is 0 Å². The summed E-state index contributed by atoms with van der Waals surface area (Å²) in [7, 11) is 0. The normalized spacial score (nSPS) is 20.2. The van der Waals surface area contributed by atoms with Crippen LogP contribution < -0.4 is 10.6 Å². The van der Waals surface area contributed by atoms with Crippen LogP contribution in [0.2, 0.25) is 0 Å². The Hall–Kier alpha value is -1.81. The zero-order valence-electron chi connectivity index (χ0n) is 13.6. The largest absolute Gasteiger partial charge is 0.341 e. The molecule has 0 amide bonds. The van der Waals surface area contributed by atoms with E-state index in [9.17, 15) is 5.26 Å². The Morgan fingerprint density at radius 1 is 1.16 bits per heavy atom. The van der Waals surface area contributed by atoms with Crippen molar-refractivity contribution in [1.29, 1.82) is 5.26 Å². The highest BCUT2D eigenvalue weighted by atomic mass is 79.9. The number of fused-ring (bicyclic) bond motifs is 1. The summed E-state index contributed by atoms with van der Waals surface area (Å²) in [5.41, 5.74) is 3.97. The molecule has 0 spiro atoms. The van der Waals surface area contributed by atoms with E-state index in [-0.39, 0.29) is 18.3 Å². The Kier molecular flexibility index (Phi) is 5.48. The van der Waals surface area contributed by atoms with E-state index in [4.69, 9.17) is 0 Å². The van der Waals surface area contributed by atoms with Gasteiger partial charge in [0.1, 0.15) is 0 Å². The number of benzene rings is 1. The Balaban J connectivity index is 0.00000182. The third kappa shape index (κ3) is 3.20. The van der Waals surface area contributed by atoms with Gasteiger partial charge in [0.05, 0.1) is 17.6 Å². The fourth-order valence-corrected chi connectivity index (χ4v) is 4.23. The van der Waals surface area contributed by atoms with Crippen molar-refractivity contribution in [2.75, 3.05) is 18.4 Å². The molecule has 0 aliphatic carbocycles. The molecule has 130 valence electrons.